The number of aliphatic carboxylic acids is 1. The van der Waals surface area contributed by atoms with Gasteiger partial charge in [-0.15, -0.1) is 0 Å². The second-order valence-corrected chi connectivity index (χ2v) is 10.1. The third-order valence-corrected chi connectivity index (χ3v) is 7.29. The Kier molecular flexibility index (Phi) is 8.43. The Balaban J connectivity index is 1.46. The second kappa shape index (κ2) is 11.7. The van der Waals surface area contributed by atoms with E-state index < -0.39 is 12.0 Å². The molecule has 1 aromatic heterocycles. The Morgan fingerprint density at radius 2 is 2.00 bits per heavy atom. The van der Waals surface area contributed by atoms with Crippen molar-refractivity contribution < 1.29 is 14.6 Å². The molecule has 1 aliphatic heterocycles. The van der Waals surface area contributed by atoms with Gasteiger partial charge in [-0.25, -0.2) is 4.98 Å². The van der Waals surface area contributed by atoms with Crippen LogP contribution >= 0.6 is 11.8 Å². The van der Waals surface area contributed by atoms with Gasteiger partial charge in [-0.3, -0.25) is 4.79 Å². The van der Waals surface area contributed by atoms with Crippen LogP contribution in [0.25, 0.3) is 10.9 Å². The zero-order valence-electron chi connectivity index (χ0n) is 19.6. The Hall–Kier alpha value is -2.61. The molecule has 0 saturated carbocycles. The van der Waals surface area contributed by atoms with E-state index in [1.54, 1.807) is 11.8 Å². The molecule has 0 aliphatic carbocycles. The normalized spacial score (nSPS) is 15.4. The molecule has 1 fully saturated rings. The molecule has 0 amide bonds. The molecule has 7 heteroatoms. The standard InChI is InChI=1S/C27H33N3O3S/c1-2-4-25(27(31)32)29-17-19-5-3-6-22(14-19)34-23-7-8-24-20(16-23)15-21(26(28)30-24)13-18-9-11-33-12-10-18/h3,5-8,14-16,18,25,29H,2,4,9-13,17H2,1H3,(H2,28,30)(H,31,32). The van der Waals surface area contributed by atoms with Crippen molar-refractivity contribution in [2.75, 3.05) is 18.9 Å². The summed E-state index contributed by atoms with van der Waals surface area (Å²) in [5.41, 5.74) is 9.38. The van der Waals surface area contributed by atoms with Gasteiger partial charge in [0.2, 0.25) is 0 Å². The van der Waals surface area contributed by atoms with Gasteiger partial charge in [-0.1, -0.05) is 37.2 Å². The van der Waals surface area contributed by atoms with Crippen LogP contribution in [0.1, 0.15) is 43.7 Å². The summed E-state index contributed by atoms with van der Waals surface area (Å²) in [5, 5.41) is 13.6. The third kappa shape index (κ3) is 6.50. The van der Waals surface area contributed by atoms with E-state index in [1.165, 1.54) is 0 Å². The number of rotatable bonds is 10. The van der Waals surface area contributed by atoms with E-state index >= 15 is 0 Å². The summed E-state index contributed by atoms with van der Waals surface area (Å²) >= 11 is 1.69. The number of aromatic nitrogens is 1. The molecule has 6 nitrogen and oxygen atoms in total. The number of ether oxygens (including phenoxy) is 1. The van der Waals surface area contributed by atoms with Crippen molar-refractivity contribution in [3.05, 3.63) is 59.7 Å². The number of carbonyl (C=O) groups is 1. The molecule has 1 aliphatic rings. The lowest BCUT2D eigenvalue weighted by molar-refractivity contribution is -0.139. The monoisotopic (exact) mass is 479 g/mol. The van der Waals surface area contributed by atoms with Crippen molar-refractivity contribution in [1.82, 2.24) is 10.3 Å². The van der Waals surface area contributed by atoms with Gasteiger partial charge in [0, 0.05) is 34.9 Å². The van der Waals surface area contributed by atoms with E-state index in [4.69, 9.17) is 10.5 Å². The third-order valence-electron chi connectivity index (χ3n) is 6.31. The number of hydrogen-bond acceptors (Lipinski definition) is 6. The molecule has 1 unspecified atom stereocenters. The van der Waals surface area contributed by atoms with Crippen LogP contribution in [0.15, 0.2) is 58.3 Å². The Morgan fingerprint density at radius 1 is 1.21 bits per heavy atom. The van der Waals surface area contributed by atoms with E-state index in [0.717, 1.165) is 70.7 Å². The van der Waals surface area contributed by atoms with Crippen LogP contribution < -0.4 is 11.1 Å². The maximum absolute atomic E-state index is 11.4. The molecule has 34 heavy (non-hydrogen) atoms. The van der Waals surface area contributed by atoms with E-state index in [9.17, 15) is 9.90 Å². The summed E-state index contributed by atoms with van der Waals surface area (Å²) < 4.78 is 5.49. The second-order valence-electron chi connectivity index (χ2n) is 8.96. The molecule has 2 heterocycles. The van der Waals surface area contributed by atoms with Crippen LogP contribution in [0.5, 0.6) is 0 Å². The highest BCUT2D eigenvalue weighted by molar-refractivity contribution is 7.99. The highest BCUT2D eigenvalue weighted by Gasteiger charge is 2.17. The number of nitrogens with one attached hydrogen (secondary N) is 1. The number of nitrogens with zero attached hydrogens (tertiary/aromatic N) is 1. The molecular weight excluding hydrogens is 446 g/mol. The van der Waals surface area contributed by atoms with Gasteiger partial charge in [-0.2, -0.15) is 0 Å². The van der Waals surface area contributed by atoms with Crippen molar-refractivity contribution >= 4 is 34.5 Å². The first-order valence-electron chi connectivity index (χ1n) is 12.0. The maximum Gasteiger partial charge on any atom is 0.320 e. The highest BCUT2D eigenvalue weighted by atomic mass is 32.2. The number of anilines is 1. The quantitative estimate of drug-likeness (QED) is 0.364. The summed E-state index contributed by atoms with van der Waals surface area (Å²) in [4.78, 5) is 18.3. The largest absolute Gasteiger partial charge is 0.480 e. The van der Waals surface area contributed by atoms with Crippen LogP contribution in [0.2, 0.25) is 0 Å². The smallest absolute Gasteiger partial charge is 0.320 e. The van der Waals surface area contributed by atoms with Crippen molar-refractivity contribution in [2.45, 2.75) is 61.4 Å². The molecule has 0 bridgehead atoms. The fraction of sp³-hybridized carbons (Fsp3) is 0.407. The number of fused-ring (bicyclic) bond motifs is 1. The van der Waals surface area contributed by atoms with Gasteiger partial charge in [0.25, 0.3) is 0 Å². The summed E-state index contributed by atoms with van der Waals surface area (Å²) in [6, 6.07) is 16.2. The van der Waals surface area contributed by atoms with Gasteiger partial charge in [0.05, 0.1) is 5.52 Å². The zero-order chi connectivity index (χ0) is 23.9. The van der Waals surface area contributed by atoms with Gasteiger partial charge < -0.3 is 20.9 Å². The molecule has 1 saturated heterocycles. The summed E-state index contributed by atoms with van der Waals surface area (Å²) in [6.45, 7) is 4.19. The average Bonchev–Trinajstić information content (AvgIpc) is 2.83. The van der Waals surface area contributed by atoms with Gasteiger partial charge in [-0.05, 0) is 79.1 Å². The number of pyridine rings is 1. The molecule has 0 spiro atoms. The first-order chi connectivity index (χ1) is 16.5. The predicted octanol–water partition coefficient (Wildman–Crippen LogP) is 5.28. The number of carboxylic acids is 1. The number of nitrogens with two attached hydrogens (primary N) is 1. The highest BCUT2D eigenvalue weighted by Crippen LogP contribution is 2.32. The molecule has 4 rings (SSSR count). The van der Waals surface area contributed by atoms with Gasteiger partial charge >= 0.3 is 5.97 Å². The van der Waals surface area contributed by atoms with Crippen molar-refractivity contribution in [2.24, 2.45) is 5.92 Å². The minimum absolute atomic E-state index is 0.517. The summed E-state index contributed by atoms with van der Waals surface area (Å²) in [7, 11) is 0. The van der Waals surface area contributed by atoms with Crippen LogP contribution in [0.3, 0.4) is 0 Å². The summed E-state index contributed by atoms with van der Waals surface area (Å²) in [5.74, 6) is 0.429. The Bertz CT molecular complexity index is 1130. The molecular formula is C27H33N3O3S. The van der Waals surface area contributed by atoms with Gasteiger partial charge in [0.1, 0.15) is 11.9 Å². The minimum Gasteiger partial charge on any atom is -0.480 e. The number of carboxylic acid groups (broad SMARTS) is 1. The summed E-state index contributed by atoms with van der Waals surface area (Å²) in [6.07, 6.45) is 4.55. The fourth-order valence-electron chi connectivity index (χ4n) is 4.40. The van der Waals surface area contributed by atoms with Crippen molar-refractivity contribution in [3.8, 4) is 0 Å². The lowest BCUT2D eigenvalue weighted by atomic mass is 9.92. The van der Waals surface area contributed by atoms with E-state index in [1.807, 2.05) is 25.1 Å². The molecule has 0 radical (unpaired) electrons. The molecule has 180 valence electrons. The minimum atomic E-state index is -0.797. The molecule has 3 aromatic rings. The van der Waals surface area contributed by atoms with Crippen LogP contribution in [0.4, 0.5) is 5.82 Å². The topological polar surface area (TPSA) is 97.5 Å². The van der Waals surface area contributed by atoms with Crippen LogP contribution in [-0.2, 0) is 22.5 Å². The average molecular weight is 480 g/mol. The van der Waals surface area contributed by atoms with Crippen molar-refractivity contribution in [1.29, 1.82) is 0 Å². The first-order valence-corrected chi connectivity index (χ1v) is 12.8. The van der Waals surface area contributed by atoms with E-state index in [2.05, 4.69) is 40.6 Å². The zero-order valence-corrected chi connectivity index (χ0v) is 20.4. The number of benzene rings is 2. The van der Waals surface area contributed by atoms with E-state index in [0.29, 0.717) is 24.7 Å². The van der Waals surface area contributed by atoms with Gasteiger partial charge in [0.15, 0.2) is 0 Å². The lowest BCUT2D eigenvalue weighted by Gasteiger charge is -2.22. The molecule has 4 N–H and O–H groups in total. The number of nitrogen functional groups attached to an aromatic ring is 1. The molecule has 1 atom stereocenters. The van der Waals surface area contributed by atoms with Crippen LogP contribution in [0, 0.1) is 5.92 Å². The Labute approximate surface area is 205 Å². The SMILES string of the molecule is CCCC(NCc1cccc(Sc2ccc3nc(N)c(CC4CCOCC4)cc3c2)c1)C(=O)O. The fourth-order valence-corrected chi connectivity index (χ4v) is 5.35. The number of hydrogen-bond donors (Lipinski definition) is 3. The lowest BCUT2D eigenvalue weighted by Crippen LogP contribution is -2.35. The molecule has 2 aromatic carbocycles. The van der Waals surface area contributed by atoms with E-state index in [-0.39, 0.29) is 0 Å². The Morgan fingerprint density at radius 3 is 2.76 bits per heavy atom. The first kappa shape index (κ1) is 24.5. The van der Waals surface area contributed by atoms with Crippen LogP contribution in [-0.4, -0.2) is 35.3 Å². The predicted molar refractivity (Wildman–Crippen MR) is 137 cm³/mol. The maximum atomic E-state index is 11.4. The van der Waals surface area contributed by atoms with Crippen molar-refractivity contribution in [3.63, 3.8) is 0 Å².